The van der Waals surface area contributed by atoms with E-state index in [9.17, 15) is 8.42 Å². The highest BCUT2D eigenvalue weighted by Gasteiger charge is 2.23. The van der Waals surface area contributed by atoms with Crippen LogP contribution in [-0.4, -0.2) is 30.8 Å². The van der Waals surface area contributed by atoms with Crippen LogP contribution < -0.4 is 4.72 Å². The molecule has 1 aliphatic heterocycles. The van der Waals surface area contributed by atoms with Crippen molar-refractivity contribution in [3.8, 4) is 0 Å². The summed E-state index contributed by atoms with van der Waals surface area (Å²) in [5.74, 6) is 0. The summed E-state index contributed by atoms with van der Waals surface area (Å²) in [6, 6.07) is 9.45. The SMILES string of the molecule is O=S(=O)(Nc1cnc2ccccc2c1)N1CCCCC1. The van der Waals surface area contributed by atoms with Gasteiger partial charge in [0, 0.05) is 18.5 Å². The summed E-state index contributed by atoms with van der Waals surface area (Å²) in [5, 5.41) is 0.923. The van der Waals surface area contributed by atoms with Gasteiger partial charge in [0.2, 0.25) is 0 Å². The maximum absolute atomic E-state index is 12.3. The lowest BCUT2D eigenvalue weighted by atomic mass is 10.2. The van der Waals surface area contributed by atoms with Crippen LogP contribution in [0.1, 0.15) is 19.3 Å². The molecule has 1 aromatic carbocycles. The molecule has 1 aromatic heterocycles. The van der Waals surface area contributed by atoms with Crippen molar-refractivity contribution >= 4 is 26.8 Å². The highest BCUT2D eigenvalue weighted by molar-refractivity contribution is 7.90. The van der Waals surface area contributed by atoms with Gasteiger partial charge in [0.05, 0.1) is 17.4 Å². The van der Waals surface area contributed by atoms with Crippen LogP contribution in [0.25, 0.3) is 10.9 Å². The monoisotopic (exact) mass is 291 g/mol. The first-order valence-electron chi connectivity index (χ1n) is 6.78. The van der Waals surface area contributed by atoms with Crippen molar-refractivity contribution in [2.24, 2.45) is 0 Å². The van der Waals surface area contributed by atoms with Gasteiger partial charge in [0.1, 0.15) is 0 Å². The Hall–Kier alpha value is -1.66. The fraction of sp³-hybridized carbons (Fsp3) is 0.357. The molecular weight excluding hydrogens is 274 g/mol. The number of nitrogens with zero attached hydrogens (tertiary/aromatic N) is 2. The predicted molar refractivity (Wildman–Crippen MR) is 79.7 cm³/mol. The molecule has 106 valence electrons. The lowest BCUT2D eigenvalue weighted by Crippen LogP contribution is -2.39. The zero-order valence-corrected chi connectivity index (χ0v) is 11.9. The van der Waals surface area contributed by atoms with Gasteiger partial charge in [-0.05, 0) is 25.0 Å². The van der Waals surface area contributed by atoms with Crippen LogP contribution in [0.2, 0.25) is 0 Å². The van der Waals surface area contributed by atoms with Gasteiger partial charge in [-0.1, -0.05) is 24.6 Å². The second-order valence-corrected chi connectivity index (χ2v) is 6.65. The third kappa shape index (κ3) is 2.76. The number of hydrogen-bond donors (Lipinski definition) is 1. The number of piperidine rings is 1. The number of nitrogens with one attached hydrogen (secondary N) is 1. The van der Waals surface area contributed by atoms with Gasteiger partial charge in [0.25, 0.3) is 0 Å². The van der Waals surface area contributed by atoms with Crippen molar-refractivity contribution in [3.05, 3.63) is 36.5 Å². The Kier molecular flexibility index (Phi) is 3.58. The maximum Gasteiger partial charge on any atom is 0.301 e. The summed E-state index contributed by atoms with van der Waals surface area (Å²) >= 11 is 0. The van der Waals surface area contributed by atoms with Crippen molar-refractivity contribution in [1.29, 1.82) is 0 Å². The number of fused-ring (bicyclic) bond motifs is 1. The Morgan fingerprint density at radius 2 is 1.85 bits per heavy atom. The first kappa shape index (κ1) is 13.3. The van der Waals surface area contributed by atoms with E-state index in [4.69, 9.17) is 0 Å². The Morgan fingerprint density at radius 3 is 2.65 bits per heavy atom. The van der Waals surface area contributed by atoms with Crippen molar-refractivity contribution in [1.82, 2.24) is 9.29 Å². The van der Waals surface area contributed by atoms with Crippen molar-refractivity contribution in [2.75, 3.05) is 17.8 Å². The largest absolute Gasteiger partial charge is 0.301 e. The molecule has 0 radical (unpaired) electrons. The molecule has 0 bridgehead atoms. The molecule has 1 fully saturated rings. The van der Waals surface area contributed by atoms with E-state index in [1.54, 1.807) is 6.20 Å². The minimum absolute atomic E-state index is 0.509. The van der Waals surface area contributed by atoms with Gasteiger partial charge in [-0.3, -0.25) is 9.71 Å². The van der Waals surface area contributed by atoms with Crippen molar-refractivity contribution < 1.29 is 8.42 Å². The minimum Gasteiger partial charge on any atom is -0.269 e. The highest BCUT2D eigenvalue weighted by atomic mass is 32.2. The van der Waals surface area contributed by atoms with Gasteiger partial charge in [-0.25, -0.2) is 0 Å². The summed E-state index contributed by atoms with van der Waals surface area (Å²) in [5.41, 5.74) is 1.36. The molecule has 1 aliphatic rings. The van der Waals surface area contributed by atoms with Crippen LogP contribution in [0, 0.1) is 0 Å². The number of aromatic nitrogens is 1. The summed E-state index contributed by atoms with van der Waals surface area (Å²) < 4.78 is 28.7. The van der Waals surface area contributed by atoms with Crippen molar-refractivity contribution in [3.63, 3.8) is 0 Å². The molecule has 20 heavy (non-hydrogen) atoms. The van der Waals surface area contributed by atoms with E-state index >= 15 is 0 Å². The summed E-state index contributed by atoms with van der Waals surface area (Å²) in [7, 11) is -3.46. The van der Waals surface area contributed by atoms with Crippen LogP contribution >= 0.6 is 0 Å². The molecule has 1 N–H and O–H groups in total. The van der Waals surface area contributed by atoms with Gasteiger partial charge >= 0.3 is 10.2 Å². The Morgan fingerprint density at radius 1 is 1.10 bits per heavy atom. The van der Waals surface area contributed by atoms with E-state index in [-0.39, 0.29) is 0 Å². The fourth-order valence-corrected chi connectivity index (χ4v) is 3.72. The molecule has 0 unspecified atom stereocenters. The third-order valence-electron chi connectivity index (χ3n) is 3.49. The minimum atomic E-state index is -3.46. The normalized spacial score (nSPS) is 17.2. The van der Waals surface area contributed by atoms with Gasteiger partial charge < -0.3 is 0 Å². The second kappa shape index (κ2) is 5.38. The van der Waals surface area contributed by atoms with E-state index in [0.717, 1.165) is 30.2 Å². The molecule has 3 rings (SSSR count). The van der Waals surface area contributed by atoms with Gasteiger partial charge in [-0.15, -0.1) is 0 Å². The van der Waals surface area contributed by atoms with Crippen LogP contribution in [-0.2, 0) is 10.2 Å². The van der Waals surface area contributed by atoms with E-state index in [1.165, 1.54) is 4.31 Å². The molecule has 6 heteroatoms. The maximum atomic E-state index is 12.3. The Balaban J connectivity index is 1.84. The number of benzene rings is 1. The van der Waals surface area contributed by atoms with Gasteiger partial charge in [0.15, 0.2) is 0 Å². The zero-order valence-electron chi connectivity index (χ0n) is 11.1. The number of rotatable bonds is 3. The summed E-state index contributed by atoms with van der Waals surface area (Å²) in [6.45, 7) is 1.19. The molecule has 0 aliphatic carbocycles. The third-order valence-corrected chi connectivity index (χ3v) is 5.03. The van der Waals surface area contributed by atoms with Crippen molar-refractivity contribution in [2.45, 2.75) is 19.3 Å². The molecular formula is C14H17N3O2S. The molecule has 0 spiro atoms. The lowest BCUT2D eigenvalue weighted by molar-refractivity contribution is 0.349. The molecule has 0 amide bonds. The zero-order chi connectivity index (χ0) is 14.0. The summed E-state index contributed by atoms with van der Waals surface area (Å²) in [4.78, 5) is 4.26. The smallest absolute Gasteiger partial charge is 0.269 e. The molecule has 2 heterocycles. The first-order valence-corrected chi connectivity index (χ1v) is 8.22. The Bertz CT molecular complexity index is 709. The molecule has 0 atom stereocenters. The second-order valence-electron chi connectivity index (χ2n) is 4.98. The highest BCUT2D eigenvalue weighted by Crippen LogP contribution is 2.19. The number of anilines is 1. The standard InChI is InChI=1S/C14H17N3O2S/c18-20(19,17-8-4-1-5-9-17)16-13-10-12-6-2-3-7-14(12)15-11-13/h2-3,6-7,10-11,16H,1,4-5,8-9H2. The van der Waals surface area contributed by atoms with Crippen LogP contribution in [0.5, 0.6) is 0 Å². The van der Waals surface area contributed by atoms with E-state index < -0.39 is 10.2 Å². The Labute approximate surface area is 118 Å². The predicted octanol–water partition coefficient (Wildman–Crippen LogP) is 2.38. The summed E-state index contributed by atoms with van der Waals surface area (Å²) in [6.07, 6.45) is 4.52. The first-order chi connectivity index (χ1) is 9.65. The fourth-order valence-electron chi connectivity index (χ4n) is 2.45. The molecule has 1 saturated heterocycles. The molecule has 2 aromatic rings. The number of para-hydroxylation sites is 1. The van der Waals surface area contributed by atoms with Crippen LogP contribution in [0.4, 0.5) is 5.69 Å². The van der Waals surface area contributed by atoms with Gasteiger partial charge in [-0.2, -0.15) is 12.7 Å². The number of pyridine rings is 1. The molecule has 0 saturated carbocycles. The van der Waals surface area contributed by atoms with Crippen LogP contribution in [0.15, 0.2) is 36.5 Å². The van der Waals surface area contributed by atoms with E-state index in [1.807, 2.05) is 30.3 Å². The average molecular weight is 291 g/mol. The van der Waals surface area contributed by atoms with E-state index in [2.05, 4.69) is 9.71 Å². The quantitative estimate of drug-likeness (QED) is 0.944. The molecule has 5 nitrogen and oxygen atoms in total. The topological polar surface area (TPSA) is 62.3 Å². The lowest BCUT2D eigenvalue weighted by Gasteiger charge is -2.26. The van der Waals surface area contributed by atoms with Crippen LogP contribution in [0.3, 0.4) is 0 Å². The average Bonchev–Trinajstić information content (AvgIpc) is 2.48. The van der Waals surface area contributed by atoms with E-state index in [0.29, 0.717) is 18.8 Å². The number of hydrogen-bond acceptors (Lipinski definition) is 3.